The topological polar surface area (TPSA) is 68.5 Å². The van der Waals surface area contributed by atoms with Crippen molar-refractivity contribution in [2.45, 2.75) is 58.7 Å². The Balaban J connectivity index is 1.59. The van der Waals surface area contributed by atoms with E-state index >= 15 is 0 Å². The molecule has 0 saturated carbocycles. The molecule has 0 unspecified atom stereocenters. The van der Waals surface area contributed by atoms with E-state index in [0.29, 0.717) is 12.0 Å². The van der Waals surface area contributed by atoms with Crippen molar-refractivity contribution in [1.82, 2.24) is 30.0 Å². The zero-order valence-corrected chi connectivity index (χ0v) is 12.9. The van der Waals surface area contributed by atoms with Crippen LogP contribution in [0.3, 0.4) is 0 Å². The molecule has 1 aliphatic heterocycles. The summed E-state index contributed by atoms with van der Waals surface area (Å²) in [6.45, 7) is 7.84. The minimum Gasteiger partial charge on any atom is -0.306 e. The molecule has 0 aliphatic carbocycles. The zero-order chi connectivity index (χ0) is 14.8. The highest BCUT2D eigenvalue weighted by atomic mass is 15.4. The summed E-state index contributed by atoms with van der Waals surface area (Å²) in [5.74, 6) is 2.46. The molecule has 6 nitrogen and oxygen atoms in total. The predicted molar refractivity (Wildman–Crippen MR) is 79.8 cm³/mol. The zero-order valence-electron chi connectivity index (χ0n) is 12.9. The fraction of sp³-hybridized carbons (Fsp3) is 0.600. The maximum absolute atomic E-state index is 4.61. The maximum atomic E-state index is 4.61. The van der Waals surface area contributed by atoms with Crippen molar-refractivity contribution in [3.8, 4) is 0 Å². The van der Waals surface area contributed by atoms with Gasteiger partial charge in [0.25, 0.3) is 0 Å². The molecule has 0 fully saturated rings. The minimum atomic E-state index is 0.386. The smallest absolute Gasteiger partial charge is 0.153 e. The van der Waals surface area contributed by atoms with Gasteiger partial charge >= 0.3 is 0 Å². The summed E-state index contributed by atoms with van der Waals surface area (Å²) in [5.41, 5.74) is 1.93. The summed E-state index contributed by atoms with van der Waals surface area (Å²) in [5, 5.41) is 8.15. The lowest BCUT2D eigenvalue weighted by Crippen LogP contribution is -2.37. The van der Waals surface area contributed by atoms with Crippen LogP contribution in [0.4, 0.5) is 0 Å². The Bertz CT molecular complexity index is 601. The van der Waals surface area contributed by atoms with Gasteiger partial charge in [-0.3, -0.25) is 9.97 Å². The van der Waals surface area contributed by atoms with Crippen LogP contribution in [-0.4, -0.2) is 30.8 Å². The molecule has 2 aromatic rings. The van der Waals surface area contributed by atoms with Crippen molar-refractivity contribution >= 4 is 0 Å². The Morgan fingerprint density at radius 3 is 2.90 bits per heavy atom. The van der Waals surface area contributed by atoms with E-state index in [9.17, 15) is 0 Å². The Hall–Kier alpha value is -1.82. The second kappa shape index (κ2) is 5.89. The van der Waals surface area contributed by atoms with Crippen LogP contribution in [0.15, 0.2) is 12.4 Å². The van der Waals surface area contributed by atoms with E-state index in [-0.39, 0.29) is 0 Å². The largest absolute Gasteiger partial charge is 0.306 e. The highest BCUT2D eigenvalue weighted by Gasteiger charge is 2.22. The van der Waals surface area contributed by atoms with Gasteiger partial charge in [0, 0.05) is 37.3 Å². The Kier molecular flexibility index (Phi) is 3.96. The molecule has 0 bridgehead atoms. The van der Waals surface area contributed by atoms with Crippen LogP contribution < -0.4 is 5.32 Å². The number of rotatable bonds is 4. The average Bonchev–Trinajstić information content (AvgIpc) is 2.90. The van der Waals surface area contributed by atoms with Gasteiger partial charge in [-0.2, -0.15) is 5.10 Å². The third-order valence-corrected chi connectivity index (χ3v) is 3.80. The van der Waals surface area contributed by atoms with E-state index in [2.05, 4.69) is 43.9 Å². The summed E-state index contributed by atoms with van der Waals surface area (Å²) in [6.07, 6.45) is 5.72. The van der Waals surface area contributed by atoms with Crippen molar-refractivity contribution in [3.05, 3.63) is 35.4 Å². The lowest BCUT2D eigenvalue weighted by Gasteiger charge is -2.23. The van der Waals surface area contributed by atoms with Gasteiger partial charge in [-0.15, -0.1) is 0 Å². The first-order chi connectivity index (χ1) is 10.1. The van der Waals surface area contributed by atoms with Gasteiger partial charge in [0.05, 0.1) is 17.9 Å². The molecule has 6 heteroatoms. The first-order valence-electron chi connectivity index (χ1n) is 7.56. The molecule has 3 rings (SSSR count). The molecule has 2 aromatic heterocycles. The molecule has 1 atom stereocenters. The van der Waals surface area contributed by atoms with Gasteiger partial charge < -0.3 is 5.32 Å². The highest BCUT2D eigenvalue weighted by Crippen LogP contribution is 2.17. The first kappa shape index (κ1) is 14.1. The second-order valence-corrected chi connectivity index (χ2v) is 5.99. The molecule has 1 aliphatic rings. The number of nitrogens with one attached hydrogen (secondary N) is 1. The maximum Gasteiger partial charge on any atom is 0.153 e. The van der Waals surface area contributed by atoms with Crippen molar-refractivity contribution in [1.29, 1.82) is 0 Å². The van der Waals surface area contributed by atoms with E-state index in [4.69, 9.17) is 0 Å². The van der Waals surface area contributed by atoms with Crippen LogP contribution in [0.5, 0.6) is 0 Å². The highest BCUT2D eigenvalue weighted by molar-refractivity contribution is 5.03. The molecule has 3 heterocycles. The Labute approximate surface area is 125 Å². The van der Waals surface area contributed by atoms with Gasteiger partial charge in [0.2, 0.25) is 0 Å². The van der Waals surface area contributed by atoms with E-state index in [1.807, 2.05) is 19.3 Å². The molecule has 112 valence electrons. The molecule has 21 heavy (non-hydrogen) atoms. The van der Waals surface area contributed by atoms with Gasteiger partial charge in [0.15, 0.2) is 5.82 Å². The molecule has 0 radical (unpaired) electrons. The van der Waals surface area contributed by atoms with E-state index < -0.39 is 0 Å². The summed E-state index contributed by atoms with van der Waals surface area (Å²) >= 11 is 0. The molecular formula is C15H22N6. The van der Waals surface area contributed by atoms with Crippen LogP contribution in [0.1, 0.15) is 49.2 Å². The van der Waals surface area contributed by atoms with E-state index in [0.717, 1.165) is 49.0 Å². The van der Waals surface area contributed by atoms with Crippen molar-refractivity contribution in [2.75, 3.05) is 0 Å². The third kappa shape index (κ3) is 3.26. The van der Waals surface area contributed by atoms with Gasteiger partial charge in [-0.1, -0.05) is 13.8 Å². The fourth-order valence-electron chi connectivity index (χ4n) is 2.50. The SMILES string of the molecule is Cc1cnc(CN[C@@H]2CCc3nc(C(C)C)nn3C2)cn1. The lowest BCUT2D eigenvalue weighted by molar-refractivity contribution is 0.356. The van der Waals surface area contributed by atoms with Crippen LogP contribution in [0.2, 0.25) is 0 Å². The average molecular weight is 286 g/mol. The van der Waals surface area contributed by atoms with Crippen molar-refractivity contribution in [2.24, 2.45) is 0 Å². The first-order valence-corrected chi connectivity index (χ1v) is 7.56. The summed E-state index contributed by atoms with van der Waals surface area (Å²) in [6, 6.07) is 0.419. The number of aryl methyl sites for hydroxylation is 2. The second-order valence-electron chi connectivity index (χ2n) is 5.99. The van der Waals surface area contributed by atoms with Crippen molar-refractivity contribution < 1.29 is 0 Å². The summed E-state index contributed by atoms with van der Waals surface area (Å²) < 4.78 is 2.05. The normalized spacial score (nSPS) is 18.0. The number of nitrogens with zero attached hydrogens (tertiary/aromatic N) is 5. The van der Waals surface area contributed by atoms with Gasteiger partial charge in [0.1, 0.15) is 5.82 Å². The van der Waals surface area contributed by atoms with Crippen LogP contribution in [-0.2, 0) is 19.5 Å². The minimum absolute atomic E-state index is 0.386. The Morgan fingerprint density at radius 1 is 1.33 bits per heavy atom. The summed E-state index contributed by atoms with van der Waals surface area (Å²) in [7, 11) is 0. The van der Waals surface area contributed by atoms with Gasteiger partial charge in [-0.05, 0) is 13.3 Å². The number of hydrogen-bond donors (Lipinski definition) is 1. The standard InChI is InChI=1S/C15H22N6/c1-10(2)15-19-14-5-4-12(9-21(14)20-15)18-8-13-7-16-11(3)6-17-13/h6-7,10,12,18H,4-5,8-9H2,1-3H3/t12-/m1/s1. The van der Waals surface area contributed by atoms with Crippen LogP contribution in [0.25, 0.3) is 0 Å². The molecule has 0 saturated heterocycles. The monoisotopic (exact) mass is 286 g/mol. The van der Waals surface area contributed by atoms with Crippen LogP contribution >= 0.6 is 0 Å². The third-order valence-electron chi connectivity index (χ3n) is 3.80. The van der Waals surface area contributed by atoms with Crippen molar-refractivity contribution in [3.63, 3.8) is 0 Å². The Morgan fingerprint density at radius 2 is 2.19 bits per heavy atom. The summed E-state index contributed by atoms with van der Waals surface area (Å²) in [4.78, 5) is 13.3. The molecule has 0 aromatic carbocycles. The number of hydrogen-bond acceptors (Lipinski definition) is 5. The quantitative estimate of drug-likeness (QED) is 0.924. The predicted octanol–water partition coefficient (Wildman–Crippen LogP) is 1.60. The van der Waals surface area contributed by atoms with E-state index in [1.54, 1.807) is 0 Å². The molecule has 1 N–H and O–H groups in total. The molecule has 0 spiro atoms. The number of fused-ring (bicyclic) bond motifs is 1. The lowest BCUT2D eigenvalue weighted by atomic mass is 10.1. The van der Waals surface area contributed by atoms with Gasteiger partial charge in [-0.25, -0.2) is 9.67 Å². The van der Waals surface area contributed by atoms with Crippen LogP contribution in [0, 0.1) is 6.92 Å². The molecule has 0 amide bonds. The fourth-order valence-corrected chi connectivity index (χ4v) is 2.50. The van der Waals surface area contributed by atoms with E-state index in [1.165, 1.54) is 0 Å². The number of aromatic nitrogens is 5. The molecular weight excluding hydrogens is 264 g/mol.